The summed E-state index contributed by atoms with van der Waals surface area (Å²) in [7, 11) is 0. The quantitative estimate of drug-likeness (QED) is 0.699. The van der Waals surface area contributed by atoms with Crippen LogP contribution < -0.4 is 5.73 Å². The van der Waals surface area contributed by atoms with E-state index in [1.807, 2.05) is 18.2 Å². The predicted octanol–water partition coefficient (Wildman–Crippen LogP) is 4.57. The maximum Gasteiger partial charge on any atom is 0.159 e. The van der Waals surface area contributed by atoms with Crippen LogP contribution in [-0.4, -0.2) is 0 Å². The molecule has 5 heteroatoms. The van der Waals surface area contributed by atoms with Gasteiger partial charge < -0.3 is 5.73 Å². The molecule has 1 nitrogen and oxygen atoms in total. The summed E-state index contributed by atoms with van der Waals surface area (Å²) >= 11 is 5.66. The Balaban J connectivity index is 2.22. The lowest BCUT2D eigenvalue weighted by Crippen LogP contribution is -2.14. The maximum atomic E-state index is 13.1. The second-order valence-corrected chi connectivity index (χ2v) is 6.32. The molecule has 0 aliphatic heterocycles. The lowest BCUT2D eigenvalue weighted by Gasteiger charge is -2.14. The monoisotopic (exact) mass is 437 g/mol. The SMILES string of the molecule is NC(Cc1ccc(F)c(F)c1)c1cc(I)ccc1Br. The number of rotatable bonds is 3. The molecule has 2 N–H and O–H groups in total. The van der Waals surface area contributed by atoms with Crippen molar-refractivity contribution in [3.63, 3.8) is 0 Å². The fourth-order valence-corrected chi connectivity index (χ4v) is 2.89. The molecule has 0 amide bonds. The van der Waals surface area contributed by atoms with Gasteiger partial charge in [0.2, 0.25) is 0 Å². The molecule has 0 aliphatic rings. The summed E-state index contributed by atoms with van der Waals surface area (Å²) in [5.41, 5.74) is 7.77. The molecule has 2 rings (SSSR count). The van der Waals surface area contributed by atoms with Crippen LogP contribution in [0.5, 0.6) is 0 Å². The topological polar surface area (TPSA) is 26.0 Å². The van der Waals surface area contributed by atoms with E-state index in [2.05, 4.69) is 38.5 Å². The normalized spacial score (nSPS) is 12.5. The zero-order valence-electron chi connectivity index (χ0n) is 9.84. The number of hydrogen-bond donors (Lipinski definition) is 1. The summed E-state index contributed by atoms with van der Waals surface area (Å²) in [6.45, 7) is 0. The van der Waals surface area contributed by atoms with Gasteiger partial charge in [-0.3, -0.25) is 0 Å². The van der Waals surface area contributed by atoms with Crippen molar-refractivity contribution in [2.24, 2.45) is 5.73 Å². The molecule has 0 spiro atoms. The molecule has 1 atom stereocenters. The maximum absolute atomic E-state index is 13.1. The highest BCUT2D eigenvalue weighted by molar-refractivity contribution is 14.1. The van der Waals surface area contributed by atoms with Gasteiger partial charge in [-0.25, -0.2) is 8.78 Å². The Hall–Kier alpha value is -0.530. The summed E-state index contributed by atoms with van der Waals surface area (Å²) < 4.78 is 28.0. The first-order valence-corrected chi connectivity index (χ1v) is 7.49. The Morgan fingerprint density at radius 2 is 1.84 bits per heavy atom. The van der Waals surface area contributed by atoms with E-state index in [9.17, 15) is 8.78 Å². The van der Waals surface area contributed by atoms with Crippen LogP contribution in [0.15, 0.2) is 40.9 Å². The molecule has 100 valence electrons. The third kappa shape index (κ3) is 3.73. The Bertz CT molecular complexity index is 604. The Labute approximate surface area is 132 Å². The van der Waals surface area contributed by atoms with E-state index in [4.69, 9.17) is 5.73 Å². The molecule has 0 fully saturated rings. The van der Waals surface area contributed by atoms with Gasteiger partial charge >= 0.3 is 0 Å². The Kier molecular flexibility index (Phi) is 4.92. The fourth-order valence-electron chi connectivity index (χ4n) is 1.83. The molecular formula is C14H11BrF2IN. The first kappa shape index (κ1) is 14.9. The zero-order valence-corrected chi connectivity index (χ0v) is 13.6. The average molecular weight is 438 g/mol. The van der Waals surface area contributed by atoms with Crippen LogP contribution in [0.1, 0.15) is 17.2 Å². The molecular weight excluding hydrogens is 427 g/mol. The first-order chi connectivity index (χ1) is 8.97. The molecule has 19 heavy (non-hydrogen) atoms. The lowest BCUT2D eigenvalue weighted by molar-refractivity contribution is 0.506. The lowest BCUT2D eigenvalue weighted by atomic mass is 10.00. The molecule has 0 aromatic heterocycles. The highest BCUT2D eigenvalue weighted by Crippen LogP contribution is 2.26. The minimum atomic E-state index is -0.841. The fraction of sp³-hybridized carbons (Fsp3) is 0.143. The van der Waals surface area contributed by atoms with E-state index in [-0.39, 0.29) is 6.04 Å². The van der Waals surface area contributed by atoms with E-state index in [1.165, 1.54) is 6.07 Å². The minimum absolute atomic E-state index is 0.269. The summed E-state index contributed by atoms with van der Waals surface area (Å²) in [6, 6.07) is 9.49. The largest absolute Gasteiger partial charge is 0.324 e. The van der Waals surface area contributed by atoms with Gasteiger partial charge in [-0.2, -0.15) is 0 Å². The highest BCUT2D eigenvalue weighted by Gasteiger charge is 2.12. The summed E-state index contributed by atoms with van der Waals surface area (Å²) in [4.78, 5) is 0. The second kappa shape index (κ2) is 6.28. The van der Waals surface area contributed by atoms with Gasteiger partial charge in [0.1, 0.15) is 0 Å². The highest BCUT2D eigenvalue weighted by atomic mass is 127. The number of nitrogens with two attached hydrogens (primary N) is 1. The van der Waals surface area contributed by atoms with Crippen LogP contribution in [0.25, 0.3) is 0 Å². The van der Waals surface area contributed by atoms with Gasteiger partial charge in [0, 0.05) is 14.1 Å². The molecule has 0 saturated carbocycles. The predicted molar refractivity (Wildman–Crippen MR) is 83.8 cm³/mol. The first-order valence-electron chi connectivity index (χ1n) is 5.62. The summed E-state index contributed by atoms with van der Waals surface area (Å²) in [5, 5.41) is 0. The van der Waals surface area contributed by atoms with Crippen LogP contribution in [-0.2, 0) is 6.42 Å². The van der Waals surface area contributed by atoms with Gasteiger partial charge in [0.25, 0.3) is 0 Å². The number of benzene rings is 2. The van der Waals surface area contributed by atoms with Crippen LogP contribution in [0, 0.1) is 15.2 Å². The smallest absolute Gasteiger partial charge is 0.159 e. The molecule has 0 heterocycles. The van der Waals surface area contributed by atoms with Crippen LogP contribution in [0.2, 0.25) is 0 Å². The van der Waals surface area contributed by atoms with Gasteiger partial charge in [0.05, 0.1) is 0 Å². The summed E-state index contributed by atoms with van der Waals surface area (Å²) in [6.07, 6.45) is 0.454. The van der Waals surface area contributed by atoms with Crippen molar-refractivity contribution in [2.45, 2.75) is 12.5 Å². The molecule has 0 saturated heterocycles. The van der Waals surface area contributed by atoms with E-state index < -0.39 is 11.6 Å². The van der Waals surface area contributed by atoms with Crippen LogP contribution >= 0.6 is 38.5 Å². The van der Waals surface area contributed by atoms with Crippen LogP contribution in [0.4, 0.5) is 8.78 Å². The van der Waals surface area contributed by atoms with Crippen molar-refractivity contribution >= 4 is 38.5 Å². The van der Waals surface area contributed by atoms with Gasteiger partial charge in [-0.1, -0.05) is 22.0 Å². The molecule has 0 aliphatic carbocycles. The van der Waals surface area contributed by atoms with E-state index in [1.54, 1.807) is 6.07 Å². The number of hydrogen-bond acceptors (Lipinski definition) is 1. The molecule has 2 aromatic carbocycles. The van der Waals surface area contributed by atoms with Gasteiger partial charge in [-0.15, -0.1) is 0 Å². The second-order valence-electron chi connectivity index (χ2n) is 4.22. The van der Waals surface area contributed by atoms with Crippen molar-refractivity contribution in [3.8, 4) is 0 Å². The Morgan fingerprint density at radius 1 is 1.11 bits per heavy atom. The molecule has 0 bridgehead atoms. The third-order valence-electron chi connectivity index (χ3n) is 2.80. The van der Waals surface area contributed by atoms with Gasteiger partial charge in [-0.05, 0) is 70.5 Å². The minimum Gasteiger partial charge on any atom is -0.324 e. The standard InChI is InChI=1S/C14H11BrF2IN/c15-11-3-2-9(18)7-10(11)14(19)6-8-1-4-12(16)13(17)5-8/h1-5,7,14H,6,19H2. The molecule has 2 aromatic rings. The third-order valence-corrected chi connectivity index (χ3v) is 4.19. The number of halogens is 4. The van der Waals surface area contributed by atoms with Crippen molar-refractivity contribution in [2.75, 3.05) is 0 Å². The van der Waals surface area contributed by atoms with E-state index in [0.717, 1.165) is 19.7 Å². The van der Waals surface area contributed by atoms with Crippen molar-refractivity contribution in [1.29, 1.82) is 0 Å². The molecule has 0 radical (unpaired) electrons. The van der Waals surface area contributed by atoms with Gasteiger partial charge in [0.15, 0.2) is 11.6 Å². The molecule has 1 unspecified atom stereocenters. The van der Waals surface area contributed by atoms with Crippen LogP contribution in [0.3, 0.4) is 0 Å². The van der Waals surface area contributed by atoms with Crippen molar-refractivity contribution in [1.82, 2.24) is 0 Å². The van der Waals surface area contributed by atoms with E-state index in [0.29, 0.717) is 12.0 Å². The zero-order chi connectivity index (χ0) is 14.0. The van der Waals surface area contributed by atoms with Crippen molar-refractivity contribution in [3.05, 3.63) is 67.2 Å². The van der Waals surface area contributed by atoms with E-state index >= 15 is 0 Å². The average Bonchev–Trinajstić information content (AvgIpc) is 2.36. The van der Waals surface area contributed by atoms with Crippen molar-refractivity contribution < 1.29 is 8.78 Å². The Morgan fingerprint density at radius 3 is 2.53 bits per heavy atom. The summed E-state index contributed by atoms with van der Waals surface area (Å²) in [5.74, 6) is -1.68.